The molecular formula is C17H18N4OS. The van der Waals surface area contributed by atoms with Crippen molar-refractivity contribution in [2.24, 2.45) is 5.10 Å². The lowest BCUT2D eigenvalue weighted by atomic mass is 10.0. The Hall–Kier alpha value is -2.34. The minimum atomic E-state index is 0.775. The monoisotopic (exact) mass is 326 g/mol. The van der Waals surface area contributed by atoms with Gasteiger partial charge in [-0.3, -0.25) is 0 Å². The van der Waals surface area contributed by atoms with Gasteiger partial charge in [0.05, 0.1) is 13.3 Å². The molecule has 0 aliphatic heterocycles. The van der Waals surface area contributed by atoms with E-state index in [4.69, 9.17) is 4.74 Å². The van der Waals surface area contributed by atoms with Crippen LogP contribution in [0.1, 0.15) is 18.3 Å². The van der Waals surface area contributed by atoms with Gasteiger partial charge in [-0.2, -0.15) is 9.78 Å². The molecule has 23 heavy (non-hydrogen) atoms. The van der Waals surface area contributed by atoms with Crippen molar-refractivity contribution in [2.75, 3.05) is 13.4 Å². The van der Waals surface area contributed by atoms with E-state index in [2.05, 4.69) is 33.5 Å². The van der Waals surface area contributed by atoms with Gasteiger partial charge in [-0.25, -0.2) is 0 Å². The van der Waals surface area contributed by atoms with Crippen molar-refractivity contribution in [3.63, 3.8) is 0 Å². The maximum atomic E-state index is 5.50. The second-order valence-corrected chi connectivity index (χ2v) is 5.69. The number of thioether (sulfide) groups is 1. The molecule has 118 valence electrons. The molecule has 0 fully saturated rings. The fourth-order valence-corrected chi connectivity index (χ4v) is 2.91. The maximum Gasteiger partial charge on any atom is 0.211 e. The fraction of sp³-hybridized carbons (Fsp3) is 0.235. The van der Waals surface area contributed by atoms with Gasteiger partial charge >= 0.3 is 0 Å². The van der Waals surface area contributed by atoms with Crippen molar-refractivity contribution >= 4 is 28.7 Å². The number of benzene rings is 2. The van der Waals surface area contributed by atoms with Crippen LogP contribution in [0.4, 0.5) is 0 Å². The molecule has 0 spiro atoms. The molecule has 0 amide bonds. The van der Waals surface area contributed by atoms with Crippen molar-refractivity contribution in [3.05, 3.63) is 47.8 Å². The number of fused-ring (bicyclic) bond motifs is 1. The summed E-state index contributed by atoms with van der Waals surface area (Å²) in [6, 6.07) is 12.2. The average molecular weight is 326 g/mol. The molecule has 0 unspecified atom stereocenters. The Labute approximate surface area is 139 Å². The summed E-state index contributed by atoms with van der Waals surface area (Å²) in [6.07, 6.45) is 4.56. The van der Waals surface area contributed by atoms with Crippen molar-refractivity contribution in [1.82, 2.24) is 14.9 Å². The molecule has 0 N–H and O–H groups in total. The summed E-state index contributed by atoms with van der Waals surface area (Å²) >= 11 is 1.52. The summed E-state index contributed by atoms with van der Waals surface area (Å²) in [5.41, 5.74) is 0.952. The highest BCUT2D eigenvalue weighted by atomic mass is 32.2. The van der Waals surface area contributed by atoms with Crippen LogP contribution in [-0.4, -0.2) is 34.5 Å². The van der Waals surface area contributed by atoms with Crippen LogP contribution in [0.2, 0.25) is 0 Å². The van der Waals surface area contributed by atoms with E-state index >= 15 is 0 Å². The lowest BCUT2D eigenvalue weighted by Gasteiger charge is -2.08. The van der Waals surface area contributed by atoms with E-state index in [1.165, 1.54) is 11.8 Å². The van der Waals surface area contributed by atoms with Gasteiger partial charge in [0.15, 0.2) is 5.82 Å². The number of methoxy groups -OCH3 is 1. The number of nitrogens with zero attached hydrogens (tertiary/aromatic N) is 4. The molecular weight excluding hydrogens is 308 g/mol. The minimum Gasteiger partial charge on any atom is -0.496 e. The van der Waals surface area contributed by atoms with Gasteiger partial charge in [0, 0.05) is 12.0 Å². The zero-order valence-corrected chi connectivity index (χ0v) is 14.2. The number of ether oxygens (including phenoxy) is 1. The van der Waals surface area contributed by atoms with E-state index in [0.29, 0.717) is 0 Å². The highest BCUT2D eigenvalue weighted by Gasteiger charge is 2.10. The van der Waals surface area contributed by atoms with Crippen LogP contribution in [0, 0.1) is 0 Å². The largest absolute Gasteiger partial charge is 0.496 e. The van der Waals surface area contributed by atoms with Crippen LogP contribution in [-0.2, 0) is 6.42 Å². The normalized spacial score (nSPS) is 11.4. The first-order chi connectivity index (χ1) is 11.3. The molecule has 0 radical (unpaired) electrons. The Kier molecular flexibility index (Phi) is 4.62. The van der Waals surface area contributed by atoms with Crippen LogP contribution in [0.25, 0.3) is 10.8 Å². The molecule has 1 heterocycles. The predicted octanol–water partition coefficient (Wildman–Crippen LogP) is 3.61. The lowest BCUT2D eigenvalue weighted by Crippen LogP contribution is -2.00. The molecule has 0 atom stereocenters. The number of hydrogen-bond donors (Lipinski definition) is 0. The minimum absolute atomic E-state index is 0.775. The van der Waals surface area contributed by atoms with Crippen LogP contribution < -0.4 is 4.74 Å². The van der Waals surface area contributed by atoms with Gasteiger partial charge in [0.25, 0.3) is 0 Å². The highest BCUT2D eigenvalue weighted by Crippen LogP contribution is 2.26. The molecule has 0 saturated heterocycles. The van der Waals surface area contributed by atoms with Gasteiger partial charge in [-0.05, 0) is 23.1 Å². The van der Waals surface area contributed by atoms with E-state index in [-0.39, 0.29) is 0 Å². The Morgan fingerprint density at radius 1 is 1.22 bits per heavy atom. The first-order valence-electron chi connectivity index (χ1n) is 7.36. The second-order valence-electron chi connectivity index (χ2n) is 4.92. The molecule has 1 aromatic heterocycles. The van der Waals surface area contributed by atoms with Crippen molar-refractivity contribution < 1.29 is 4.74 Å². The molecule has 0 saturated carbocycles. The smallest absolute Gasteiger partial charge is 0.211 e. The zero-order chi connectivity index (χ0) is 16.2. The van der Waals surface area contributed by atoms with Gasteiger partial charge in [0.1, 0.15) is 5.75 Å². The lowest BCUT2D eigenvalue weighted by molar-refractivity contribution is 0.415. The fourth-order valence-electron chi connectivity index (χ4n) is 2.46. The van der Waals surface area contributed by atoms with Crippen molar-refractivity contribution in [1.29, 1.82) is 0 Å². The Bertz CT molecular complexity index is 835. The Morgan fingerprint density at radius 3 is 2.78 bits per heavy atom. The maximum absolute atomic E-state index is 5.50. The summed E-state index contributed by atoms with van der Waals surface area (Å²) in [7, 11) is 1.67. The molecule has 3 aromatic rings. The highest BCUT2D eigenvalue weighted by molar-refractivity contribution is 7.98. The molecule has 2 aromatic carbocycles. The van der Waals surface area contributed by atoms with E-state index < -0.39 is 0 Å². The summed E-state index contributed by atoms with van der Waals surface area (Å²) in [4.78, 5) is 0. The predicted molar refractivity (Wildman–Crippen MR) is 94.7 cm³/mol. The van der Waals surface area contributed by atoms with Crippen LogP contribution in [0.3, 0.4) is 0 Å². The summed E-state index contributed by atoms with van der Waals surface area (Å²) < 4.78 is 7.28. The van der Waals surface area contributed by atoms with E-state index in [1.807, 2.05) is 37.6 Å². The van der Waals surface area contributed by atoms with Gasteiger partial charge < -0.3 is 4.74 Å². The summed E-state index contributed by atoms with van der Waals surface area (Å²) in [5.74, 6) is 1.63. The van der Waals surface area contributed by atoms with Crippen molar-refractivity contribution in [2.45, 2.75) is 18.5 Å². The quantitative estimate of drug-likeness (QED) is 0.531. The van der Waals surface area contributed by atoms with E-state index in [9.17, 15) is 0 Å². The van der Waals surface area contributed by atoms with Crippen LogP contribution in [0.15, 0.2) is 46.7 Å². The van der Waals surface area contributed by atoms with Gasteiger partial charge in [-0.1, -0.05) is 49.0 Å². The summed E-state index contributed by atoms with van der Waals surface area (Å²) in [6.45, 7) is 2.04. The molecule has 6 heteroatoms. The zero-order valence-electron chi connectivity index (χ0n) is 13.4. The third-order valence-corrected chi connectivity index (χ3v) is 4.25. The number of hydrogen-bond acceptors (Lipinski definition) is 5. The number of aromatic nitrogens is 3. The third kappa shape index (κ3) is 2.94. The van der Waals surface area contributed by atoms with Gasteiger partial charge in [0.2, 0.25) is 5.16 Å². The van der Waals surface area contributed by atoms with Crippen LogP contribution >= 0.6 is 11.8 Å². The standard InChI is InChI=1S/C17H18N4OS/c1-4-16-19-20-17(23-3)21(16)18-11-14-13-8-6-5-7-12(13)9-10-15(14)22-2/h5-11H,4H2,1-3H3/b18-11-. The SMILES string of the molecule is CCc1nnc(SC)n1/N=C\c1c(OC)ccc2ccccc12. The second kappa shape index (κ2) is 6.83. The molecule has 3 rings (SSSR count). The first kappa shape index (κ1) is 15.6. The van der Waals surface area contributed by atoms with Crippen molar-refractivity contribution in [3.8, 4) is 5.75 Å². The van der Waals surface area contributed by atoms with E-state index in [0.717, 1.165) is 39.5 Å². The first-order valence-corrected chi connectivity index (χ1v) is 8.59. The Balaban J connectivity index is 2.12. The number of aryl methyl sites for hydroxylation is 1. The van der Waals surface area contributed by atoms with Crippen LogP contribution in [0.5, 0.6) is 5.75 Å². The third-order valence-electron chi connectivity index (χ3n) is 3.63. The summed E-state index contributed by atoms with van der Waals surface area (Å²) in [5, 5.41) is 16.0. The van der Waals surface area contributed by atoms with E-state index in [1.54, 1.807) is 11.8 Å². The number of rotatable bonds is 5. The molecule has 5 nitrogen and oxygen atoms in total. The molecule has 0 aliphatic rings. The van der Waals surface area contributed by atoms with Gasteiger partial charge in [-0.15, -0.1) is 10.2 Å². The molecule has 0 aliphatic carbocycles. The molecule has 0 bridgehead atoms. The topological polar surface area (TPSA) is 52.3 Å². The Morgan fingerprint density at radius 2 is 2.04 bits per heavy atom. The average Bonchev–Trinajstić information content (AvgIpc) is 3.01.